The van der Waals surface area contributed by atoms with Gasteiger partial charge in [-0.05, 0) is 33.6 Å². The Labute approximate surface area is 91.5 Å². The summed E-state index contributed by atoms with van der Waals surface area (Å²) in [5, 5.41) is 3.27. The standard InChI is InChI=1S/C11H22N2O2/c1-8(6-10(12)14)13-7-9-4-5-11(2,3)15-9/h8-9,13H,4-7H2,1-3H3,(H2,12,14). The van der Waals surface area contributed by atoms with E-state index in [0.29, 0.717) is 6.42 Å². The third-order valence-electron chi connectivity index (χ3n) is 2.76. The zero-order valence-corrected chi connectivity index (χ0v) is 9.88. The molecule has 3 N–H and O–H groups in total. The molecule has 1 amide bonds. The minimum atomic E-state index is -0.261. The average molecular weight is 214 g/mol. The summed E-state index contributed by atoms with van der Waals surface area (Å²) in [7, 11) is 0. The van der Waals surface area contributed by atoms with Gasteiger partial charge in [0.15, 0.2) is 0 Å². The number of nitrogens with two attached hydrogens (primary N) is 1. The average Bonchev–Trinajstić information content (AvgIpc) is 2.41. The molecule has 88 valence electrons. The van der Waals surface area contributed by atoms with Crippen molar-refractivity contribution in [2.75, 3.05) is 6.54 Å². The van der Waals surface area contributed by atoms with Crippen LogP contribution in [0.5, 0.6) is 0 Å². The normalized spacial score (nSPS) is 26.5. The van der Waals surface area contributed by atoms with Crippen molar-refractivity contribution in [2.24, 2.45) is 5.73 Å². The molecule has 4 nitrogen and oxygen atoms in total. The Balaban J connectivity index is 2.18. The van der Waals surface area contributed by atoms with Crippen LogP contribution in [0.3, 0.4) is 0 Å². The highest BCUT2D eigenvalue weighted by atomic mass is 16.5. The van der Waals surface area contributed by atoms with Crippen LogP contribution in [0.25, 0.3) is 0 Å². The van der Waals surface area contributed by atoms with Gasteiger partial charge in [-0.15, -0.1) is 0 Å². The Morgan fingerprint density at radius 1 is 1.67 bits per heavy atom. The second-order valence-electron chi connectivity index (χ2n) is 5.02. The molecule has 1 saturated heterocycles. The smallest absolute Gasteiger partial charge is 0.218 e. The van der Waals surface area contributed by atoms with Crippen molar-refractivity contribution < 1.29 is 9.53 Å². The molecule has 15 heavy (non-hydrogen) atoms. The van der Waals surface area contributed by atoms with Crippen LogP contribution in [0, 0.1) is 0 Å². The largest absolute Gasteiger partial charge is 0.371 e. The molecule has 1 heterocycles. The molecule has 1 aliphatic rings. The Hall–Kier alpha value is -0.610. The van der Waals surface area contributed by atoms with Crippen LogP contribution in [0.15, 0.2) is 0 Å². The Morgan fingerprint density at radius 3 is 2.80 bits per heavy atom. The first kappa shape index (κ1) is 12.5. The Morgan fingerprint density at radius 2 is 2.33 bits per heavy atom. The molecule has 1 fully saturated rings. The Kier molecular flexibility index (Phi) is 4.11. The van der Waals surface area contributed by atoms with Crippen LogP contribution >= 0.6 is 0 Å². The van der Waals surface area contributed by atoms with Crippen LogP contribution in [-0.4, -0.2) is 30.2 Å². The quantitative estimate of drug-likeness (QED) is 0.711. The molecule has 4 heteroatoms. The fraction of sp³-hybridized carbons (Fsp3) is 0.909. The molecule has 1 rings (SSSR count). The van der Waals surface area contributed by atoms with E-state index in [-0.39, 0.29) is 23.7 Å². The number of carbonyl (C=O) groups excluding carboxylic acids is 1. The zero-order valence-electron chi connectivity index (χ0n) is 9.88. The first-order valence-corrected chi connectivity index (χ1v) is 5.58. The number of ether oxygens (including phenoxy) is 1. The molecule has 0 bridgehead atoms. The second-order valence-corrected chi connectivity index (χ2v) is 5.02. The maximum absolute atomic E-state index is 10.7. The lowest BCUT2D eigenvalue weighted by atomic mass is 10.1. The van der Waals surface area contributed by atoms with Gasteiger partial charge >= 0.3 is 0 Å². The van der Waals surface area contributed by atoms with E-state index in [1.807, 2.05) is 6.92 Å². The summed E-state index contributed by atoms with van der Waals surface area (Å²) in [4.78, 5) is 10.7. The number of amides is 1. The van der Waals surface area contributed by atoms with Crippen molar-refractivity contribution in [2.45, 2.75) is 57.8 Å². The zero-order chi connectivity index (χ0) is 11.5. The molecule has 0 aromatic heterocycles. The fourth-order valence-corrected chi connectivity index (χ4v) is 1.93. The lowest BCUT2D eigenvalue weighted by Crippen LogP contribution is -2.37. The third-order valence-corrected chi connectivity index (χ3v) is 2.76. The van der Waals surface area contributed by atoms with Crippen LogP contribution in [0.1, 0.15) is 40.0 Å². The van der Waals surface area contributed by atoms with E-state index in [1.54, 1.807) is 0 Å². The predicted octanol–water partition coefficient (Wildman–Crippen LogP) is 0.797. The van der Waals surface area contributed by atoms with Crippen molar-refractivity contribution in [3.8, 4) is 0 Å². The van der Waals surface area contributed by atoms with E-state index in [4.69, 9.17) is 10.5 Å². The summed E-state index contributed by atoms with van der Waals surface area (Å²) in [5.41, 5.74) is 5.12. The molecular weight excluding hydrogens is 192 g/mol. The molecule has 2 atom stereocenters. The van der Waals surface area contributed by atoms with Crippen LogP contribution in [-0.2, 0) is 9.53 Å². The van der Waals surface area contributed by atoms with Gasteiger partial charge in [0.25, 0.3) is 0 Å². The number of hydrogen-bond donors (Lipinski definition) is 2. The molecule has 1 aliphatic heterocycles. The summed E-state index contributed by atoms with van der Waals surface area (Å²) in [5.74, 6) is -0.261. The summed E-state index contributed by atoms with van der Waals surface area (Å²) < 4.78 is 5.83. The molecule has 0 spiro atoms. The van der Waals surface area contributed by atoms with Crippen molar-refractivity contribution in [1.29, 1.82) is 0 Å². The maximum atomic E-state index is 10.7. The SMILES string of the molecule is CC(CC(N)=O)NCC1CCC(C)(C)O1. The van der Waals surface area contributed by atoms with E-state index in [1.165, 1.54) is 0 Å². The molecule has 0 aromatic rings. The van der Waals surface area contributed by atoms with E-state index in [0.717, 1.165) is 19.4 Å². The van der Waals surface area contributed by atoms with Gasteiger partial charge in [-0.3, -0.25) is 4.79 Å². The topological polar surface area (TPSA) is 64.4 Å². The minimum absolute atomic E-state index is 0.0132. The molecular formula is C11H22N2O2. The van der Waals surface area contributed by atoms with Crippen LogP contribution < -0.4 is 11.1 Å². The summed E-state index contributed by atoms with van der Waals surface area (Å²) >= 11 is 0. The molecule has 0 aromatic carbocycles. The highest BCUT2D eigenvalue weighted by Gasteiger charge is 2.31. The third kappa shape index (κ3) is 4.62. The fourth-order valence-electron chi connectivity index (χ4n) is 1.93. The van der Waals surface area contributed by atoms with Crippen LogP contribution in [0.2, 0.25) is 0 Å². The van der Waals surface area contributed by atoms with E-state index < -0.39 is 0 Å². The molecule has 2 unspecified atom stereocenters. The number of carbonyl (C=O) groups is 1. The lowest BCUT2D eigenvalue weighted by Gasteiger charge is -2.20. The Bertz CT molecular complexity index is 229. The lowest BCUT2D eigenvalue weighted by molar-refractivity contribution is -0.118. The highest BCUT2D eigenvalue weighted by molar-refractivity contribution is 5.74. The van der Waals surface area contributed by atoms with Gasteiger partial charge in [0.1, 0.15) is 0 Å². The summed E-state index contributed by atoms with van der Waals surface area (Å²) in [6.45, 7) is 6.99. The number of primary amides is 1. The second kappa shape index (κ2) is 4.94. The minimum Gasteiger partial charge on any atom is -0.371 e. The predicted molar refractivity (Wildman–Crippen MR) is 59.5 cm³/mol. The van der Waals surface area contributed by atoms with Crippen molar-refractivity contribution in [3.05, 3.63) is 0 Å². The number of hydrogen-bond acceptors (Lipinski definition) is 3. The first-order chi connectivity index (χ1) is 6.89. The van der Waals surface area contributed by atoms with Crippen molar-refractivity contribution in [1.82, 2.24) is 5.32 Å². The van der Waals surface area contributed by atoms with Gasteiger partial charge in [0, 0.05) is 19.0 Å². The molecule has 0 radical (unpaired) electrons. The molecule has 0 aliphatic carbocycles. The monoisotopic (exact) mass is 214 g/mol. The summed E-state index contributed by atoms with van der Waals surface area (Å²) in [6.07, 6.45) is 2.85. The highest BCUT2D eigenvalue weighted by Crippen LogP contribution is 2.28. The van der Waals surface area contributed by atoms with Gasteiger partial charge in [0.05, 0.1) is 11.7 Å². The van der Waals surface area contributed by atoms with Gasteiger partial charge in [-0.1, -0.05) is 0 Å². The maximum Gasteiger partial charge on any atom is 0.218 e. The van der Waals surface area contributed by atoms with Gasteiger partial charge in [0.2, 0.25) is 5.91 Å². The van der Waals surface area contributed by atoms with Crippen molar-refractivity contribution in [3.63, 3.8) is 0 Å². The summed E-state index contributed by atoms with van der Waals surface area (Å²) in [6, 6.07) is 0.134. The van der Waals surface area contributed by atoms with Crippen LogP contribution in [0.4, 0.5) is 0 Å². The number of nitrogens with one attached hydrogen (secondary N) is 1. The van der Waals surface area contributed by atoms with E-state index >= 15 is 0 Å². The van der Waals surface area contributed by atoms with Crippen molar-refractivity contribution >= 4 is 5.91 Å². The van der Waals surface area contributed by atoms with Gasteiger partial charge in [-0.2, -0.15) is 0 Å². The first-order valence-electron chi connectivity index (χ1n) is 5.58. The van der Waals surface area contributed by atoms with E-state index in [2.05, 4.69) is 19.2 Å². The number of rotatable bonds is 5. The van der Waals surface area contributed by atoms with Gasteiger partial charge in [-0.25, -0.2) is 0 Å². The molecule has 0 saturated carbocycles. The van der Waals surface area contributed by atoms with Gasteiger partial charge < -0.3 is 15.8 Å². The van der Waals surface area contributed by atoms with E-state index in [9.17, 15) is 4.79 Å².